The molecule has 0 bridgehead atoms. The molecule has 166 valence electrons. The maximum atomic E-state index is 12.7. The molecule has 9 heteroatoms. The van der Waals surface area contributed by atoms with Crippen LogP contribution >= 0.6 is 11.6 Å². The monoisotopic (exact) mass is 453 g/mol. The summed E-state index contributed by atoms with van der Waals surface area (Å²) in [5.41, 5.74) is 2.32. The van der Waals surface area contributed by atoms with Crippen molar-refractivity contribution in [3.8, 4) is 5.75 Å². The SMILES string of the molecule is O=C1COc2cc3ncnc(Nc4cccc(Cl)c4)c3cc2N1CCCN1CCOCC1. The highest BCUT2D eigenvalue weighted by Gasteiger charge is 2.27. The summed E-state index contributed by atoms with van der Waals surface area (Å²) in [4.78, 5) is 25.7. The smallest absolute Gasteiger partial charge is 0.265 e. The minimum absolute atomic E-state index is 0.0365. The van der Waals surface area contributed by atoms with Crippen LogP contribution in [0.5, 0.6) is 5.75 Å². The van der Waals surface area contributed by atoms with Crippen LogP contribution in [0.3, 0.4) is 0 Å². The van der Waals surface area contributed by atoms with Crippen molar-refractivity contribution >= 4 is 45.6 Å². The van der Waals surface area contributed by atoms with Crippen molar-refractivity contribution in [3.63, 3.8) is 0 Å². The van der Waals surface area contributed by atoms with E-state index >= 15 is 0 Å². The molecule has 0 atom stereocenters. The van der Waals surface area contributed by atoms with E-state index < -0.39 is 0 Å². The molecule has 2 aromatic carbocycles. The number of benzene rings is 2. The van der Waals surface area contributed by atoms with Crippen molar-refractivity contribution in [2.24, 2.45) is 0 Å². The third kappa shape index (κ3) is 4.48. The van der Waals surface area contributed by atoms with Crippen molar-refractivity contribution in [1.29, 1.82) is 0 Å². The van der Waals surface area contributed by atoms with Crippen LogP contribution in [0.25, 0.3) is 10.9 Å². The molecule has 2 aliphatic rings. The molecule has 5 rings (SSSR count). The molecule has 0 unspecified atom stereocenters. The van der Waals surface area contributed by atoms with Crippen LogP contribution in [0.1, 0.15) is 6.42 Å². The molecule has 8 nitrogen and oxygen atoms in total. The molecule has 0 radical (unpaired) electrons. The van der Waals surface area contributed by atoms with E-state index in [0.717, 1.165) is 61.5 Å². The number of halogens is 1. The lowest BCUT2D eigenvalue weighted by atomic mass is 10.1. The van der Waals surface area contributed by atoms with Gasteiger partial charge in [0.1, 0.15) is 17.9 Å². The number of anilines is 3. The zero-order valence-corrected chi connectivity index (χ0v) is 18.3. The van der Waals surface area contributed by atoms with E-state index in [0.29, 0.717) is 23.1 Å². The van der Waals surface area contributed by atoms with E-state index in [9.17, 15) is 4.79 Å². The van der Waals surface area contributed by atoms with Crippen LogP contribution in [0.2, 0.25) is 5.02 Å². The third-order valence-corrected chi connectivity index (χ3v) is 5.94. The number of rotatable bonds is 6. The standard InChI is InChI=1S/C23H24ClN5O3/c24-16-3-1-4-17(11-16)27-23-18-12-20-21(13-19(18)25-15-26-23)32-14-22(30)29(20)6-2-5-28-7-9-31-10-8-28/h1,3-4,11-13,15H,2,5-10,14H2,(H,25,26,27). The minimum atomic E-state index is -0.0416. The van der Waals surface area contributed by atoms with Crippen LogP contribution in [-0.4, -0.2) is 66.8 Å². The van der Waals surface area contributed by atoms with Crippen LogP contribution in [0, 0.1) is 0 Å². The molecule has 32 heavy (non-hydrogen) atoms. The van der Waals surface area contributed by atoms with Crippen LogP contribution in [0.4, 0.5) is 17.2 Å². The fourth-order valence-electron chi connectivity index (χ4n) is 4.08. The molecular formula is C23H24ClN5O3. The number of carbonyl (C=O) groups excluding carboxylic acids is 1. The Morgan fingerprint density at radius 2 is 1.97 bits per heavy atom. The van der Waals surface area contributed by atoms with E-state index in [1.54, 1.807) is 0 Å². The Balaban J connectivity index is 1.41. The van der Waals surface area contributed by atoms with Crippen LogP contribution < -0.4 is 15.0 Å². The van der Waals surface area contributed by atoms with Gasteiger partial charge in [-0.3, -0.25) is 9.69 Å². The van der Waals surface area contributed by atoms with E-state index in [1.165, 1.54) is 6.33 Å². The predicted octanol–water partition coefficient (Wildman–Crippen LogP) is 3.47. The summed E-state index contributed by atoms with van der Waals surface area (Å²) in [5.74, 6) is 1.27. The van der Waals surface area contributed by atoms with E-state index in [1.807, 2.05) is 41.3 Å². The first-order valence-corrected chi connectivity index (χ1v) is 11.1. The topological polar surface area (TPSA) is 79.8 Å². The predicted molar refractivity (Wildman–Crippen MR) is 124 cm³/mol. The number of nitrogens with one attached hydrogen (secondary N) is 1. The summed E-state index contributed by atoms with van der Waals surface area (Å²) < 4.78 is 11.1. The highest BCUT2D eigenvalue weighted by Crippen LogP contribution is 2.38. The highest BCUT2D eigenvalue weighted by atomic mass is 35.5. The number of nitrogens with zero attached hydrogens (tertiary/aromatic N) is 4. The zero-order valence-electron chi connectivity index (χ0n) is 17.6. The molecule has 1 fully saturated rings. The van der Waals surface area contributed by atoms with Crippen LogP contribution in [0.15, 0.2) is 42.7 Å². The average Bonchev–Trinajstić information content (AvgIpc) is 2.80. The van der Waals surface area contributed by atoms with Crippen molar-refractivity contribution < 1.29 is 14.3 Å². The van der Waals surface area contributed by atoms with Gasteiger partial charge in [0.15, 0.2) is 6.61 Å². The Bertz CT molecular complexity index is 1140. The fourth-order valence-corrected chi connectivity index (χ4v) is 4.27. The van der Waals surface area contributed by atoms with E-state index in [2.05, 4.69) is 20.2 Å². The minimum Gasteiger partial charge on any atom is -0.481 e. The first-order valence-electron chi connectivity index (χ1n) is 10.7. The molecule has 0 spiro atoms. The summed E-state index contributed by atoms with van der Waals surface area (Å²) in [7, 11) is 0. The molecule has 2 aliphatic heterocycles. The maximum absolute atomic E-state index is 12.7. The van der Waals surface area contributed by atoms with Gasteiger partial charge < -0.3 is 19.7 Å². The molecule has 3 heterocycles. The molecule has 1 saturated heterocycles. The number of hydrogen-bond acceptors (Lipinski definition) is 7. The number of amides is 1. The van der Waals surface area contributed by atoms with Crippen molar-refractivity contribution in [2.45, 2.75) is 6.42 Å². The van der Waals surface area contributed by atoms with Crippen molar-refractivity contribution in [2.75, 3.05) is 56.2 Å². The van der Waals surface area contributed by atoms with Gasteiger partial charge in [-0.2, -0.15) is 0 Å². The Morgan fingerprint density at radius 3 is 2.81 bits per heavy atom. The Morgan fingerprint density at radius 1 is 1.09 bits per heavy atom. The van der Waals surface area contributed by atoms with Gasteiger partial charge in [0.25, 0.3) is 5.91 Å². The first-order chi connectivity index (χ1) is 15.7. The number of hydrogen-bond donors (Lipinski definition) is 1. The zero-order chi connectivity index (χ0) is 21.9. The first kappa shape index (κ1) is 20.9. The number of morpholine rings is 1. The molecule has 0 saturated carbocycles. The Kier molecular flexibility index (Phi) is 6.07. The van der Waals surface area contributed by atoms with Gasteiger partial charge in [0.05, 0.1) is 24.4 Å². The summed E-state index contributed by atoms with van der Waals surface area (Å²) in [5, 5.41) is 4.75. The number of ether oxygens (including phenoxy) is 2. The second-order valence-electron chi connectivity index (χ2n) is 7.84. The Hall–Kier alpha value is -2.94. The van der Waals surface area contributed by atoms with E-state index in [4.69, 9.17) is 21.1 Å². The van der Waals surface area contributed by atoms with Crippen LogP contribution in [-0.2, 0) is 9.53 Å². The quantitative estimate of drug-likeness (QED) is 0.612. The molecule has 1 N–H and O–H groups in total. The van der Waals surface area contributed by atoms with Crippen molar-refractivity contribution in [3.05, 3.63) is 47.7 Å². The van der Waals surface area contributed by atoms with Gasteiger partial charge in [-0.05, 0) is 30.7 Å². The molecule has 1 aromatic heterocycles. The lowest BCUT2D eigenvalue weighted by Crippen LogP contribution is -2.42. The van der Waals surface area contributed by atoms with Crippen molar-refractivity contribution in [1.82, 2.24) is 14.9 Å². The Labute approximate surface area is 191 Å². The number of carbonyl (C=O) groups is 1. The fraction of sp³-hybridized carbons (Fsp3) is 0.348. The second kappa shape index (κ2) is 9.28. The molecule has 0 aliphatic carbocycles. The summed E-state index contributed by atoms with van der Waals surface area (Å²) >= 11 is 6.12. The summed E-state index contributed by atoms with van der Waals surface area (Å²) in [6.07, 6.45) is 2.39. The van der Waals surface area contributed by atoms with Gasteiger partial charge in [-0.15, -0.1) is 0 Å². The molecular weight excluding hydrogens is 430 g/mol. The lowest BCUT2D eigenvalue weighted by molar-refractivity contribution is -0.121. The summed E-state index contributed by atoms with van der Waals surface area (Å²) in [6.45, 7) is 5.02. The molecule has 3 aromatic rings. The van der Waals surface area contributed by atoms with E-state index in [-0.39, 0.29) is 12.5 Å². The molecule has 1 amide bonds. The third-order valence-electron chi connectivity index (χ3n) is 5.71. The largest absolute Gasteiger partial charge is 0.481 e. The van der Waals surface area contributed by atoms with Gasteiger partial charge in [0, 0.05) is 48.3 Å². The highest BCUT2D eigenvalue weighted by molar-refractivity contribution is 6.30. The van der Waals surface area contributed by atoms with Gasteiger partial charge >= 0.3 is 0 Å². The second-order valence-corrected chi connectivity index (χ2v) is 8.27. The lowest BCUT2D eigenvalue weighted by Gasteiger charge is -2.31. The number of fused-ring (bicyclic) bond motifs is 2. The average molecular weight is 454 g/mol. The van der Waals surface area contributed by atoms with Gasteiger partial charge in [-0.25, -0.2) is 9.97 Å². The van der Waals surface area contributed by atoms with Gasteiger partial charge in [0.2, 0.25) is 0 Å². The number of aromatic nitrogens is 2. The maximum Gasteiger partial charge on any atom is 0.265 e. The van der Waals surface area contributed by atoms with Gasteiger partial charge in [-0.1, -0.05) is 17.7 Å². The summed E-state index contributed by atoms with van der Waals surface area (Å²) in [6, 6.07) is 11.2. The normalized spacial score (nSPS) is 16.7.